The Morgan fingerprint density at radius 1 is 1.75 bits per heavy atom. The molecule has 0 spiro atoms. The number of rotatable bonds is 0. The molecule has 0 radical (unpaired) electrons. The molecule has 0 amide bonds. The molecule has 0 unspecified atom stereocenters. The van der Waals surface area contributed by atoms with Crippen LogP contribution in [0.25, 0.3) is 0 Å². The SMILES string of the molecule is [Li+].[O-]C=[Te]. The van der Waals surface area contributed by atoms with E-state index in [1.165, 1.54) is 21.8 Å². The van der Waals surface area contributed by atoms with Crippen molar-refractivity contribution < 1.29 is 24.0 Å². The topological polar surface area (TPSA) is 23.1 Å². The zero-order valence-electron chi connectivity index (χ0n) is 2.39. The molecule has 0 aromatic heterocycles. The second-order valence-electron chi connectivity index (χ2n) is 0.0962. The van der Waals surface area contributed by atoms with E-state index in [-0.39, 0.29) is 18.9 Å². The number of hydrogen-bond donors (Lipinski definition) is 0. The zero-order valence-corrected chi connectivity index (χ0v) is 4.72. The van der Waals surface area contributed by atoms with E-state index in [0.717, 1.165) is 4.24 Å². The Labute approximate surface area is 50.0 Å². The fraction of sp³-hybridized carbons (Fsp3) is 0. The van der Waals surface area contributed by atoms with Crippen molar-refractivity contribution in [2.45, 2.75) is 0 Å². The van der Waals surface area contributed by atoms with Gasteiger partial charge in [-0.3, -0.25) is 0 Å². The van der Waals surface area contributed by atoms with Crippen LogP contribution in [-0.2, 0) is 0 Å². The Hall–Kier alpha value is 1.06. The summed E-state index contributed by atoms with van der Waals surface area (Å²) in [5.41, 5.74) is 0. The van der Waals surface area contributed by atoms with Crippen LogP contribution in [0.2, 0.25) is 0 Å². The summed E-state index contributed by atoms with van der Waals surface area (Å²) in [5.74, 6) is 0. The first-order valence-electron chi connectivity index (χ1n) is 0.471. The second kappa shape index (κ2) is 8.96. The van der Waals surface area contributed by atoms with Crippen molar-refractivity contribution in [3.63, 3.8) is 0 Å². The molecule has 1 nitrogen and oxygen atoms in total. The quantitative estimate of drug-likeness (QED) is 0.329. The minimum absolute atomic E-state index is 0. The molecule has 18 valence electrons. The molecule has 0 aromatic rings. The van der Waals surface area contributed by atoms with Gasteiger partial charge in [-0.2, -0.15) is 0 Å². The van der Waals surface area contributed by atoms with Crippen molar-refractivity contribution in [3.05, 3.63) is 0 Å². The van der Waals surface area contributed by atoms with Gasteiger partial charge in [-0.05, 0) is 0 Å². The van der Waals surface area contributed by atoms with Crippen molar-refractivity contribution in [2.75, 3.05) is 0 Å². The van der Waals surface area contributed by atoms with E-state index in [1.54, 1.807) is 0 Å². The van der Waals surface area contributed by atoms with E-state index in [2.05, 4.69) is 0 Å². The van der Waals surface area contributed by atoms with Crippen molar-refractivity contribution in [1.29, 1.82) is 0 Å². The molecule has 0 aromatic carbocycles. The van der Waals surface area contributed by atoms with Gasteiger partial charge in [0.2, 0.25) is 0 Å². The molecule has 0 aliphatic heterocycles. The van der Waals surface area contributed by atoms with E-state index < -0.39 is 0 Å². The molecule has 0 fully saturated rings. The molecule has 4 heavy (non-hydrogen) atoms. The fourth-order valence-corrected chi connectivity index (χ4v) is 0. The molecular formula is CHLiOTe. The molecular weight excluding hydrogens is 163 g/mol. The average molecular weight is 164 g/mol. The summed E-state index contributed by atoms with van der Waals surface area (Å²) in [4.78, 5) is 0. The second-order valence-corrected chi connectivity index (χ2v) is 0.645. The molecule has 0 N–H and O–H groups in total. The van der Waals surface area contributed by atoms with Gasteiger partial charge in [0.15, 0.2) is 0 Å². The van der Waals surface area contributed by atoms with E-state index in [9.17, 15) is 0 Å². The standard InChI is InChI=1S/CH2OTe.Li/c2-1-3;/h1H,(H,2,3);/q;+1/p-1. The first-order chi connectivity index (χ1) is 1.41. The Kier molecular flexibility index (Phi) is 20.0. The van der Waals surface area contributed by atoms with Gasteiger partial charge < -0.3 is 0 Å². The van der Waals surface area contributed by atoms with Crippen molar-refractivity contribution in [1.82, 2.24) is 0 Å². The monoisotopic (exact) mass is 166 g/mol. The summed E-state index contributed by atoms with van der Waals surface area (Å²) >= 11 is 1.39. The molecule has 0 rings (SSSR count). The van der Waals surface area contributed by atoms with E-state index in [0.29, 0.717) is 0 Å². The summed E-state index contributed by atoms with van der Waals surface area (Å²) in [5, 5.41) is 8.81. The molecule has 0 heterocycles. The predicted octanol–water partition coefficient (Wildman–Crippen LogP) is -4.72. The van der Waals surface area contributed by atoms with E-state index >= 15 is 0 Å². The normalized spacial score (nSPS) is 3.00. The predicted molar refractivity (Wildman–Crippen MR) is 11.8 cm³/mol. The molecule has 0 atom stereocenters. The first kappa shape index (κ1) is 8.91. The summed E-state index contributed by atoms with van der Waals surface area (Å²) in [6.07, 6.45) is 0. The fourth-order valence-electron chi connectivity index (χ4n) is 0. The van der Waals surface area contributed by atoms with Gasteiger partial charge >= 0.3 is 50.0 Å². The third kappa shape index (κ3) is 11.6. The molecule has 0 aliphatic rings. The third-order valence-corrected chi connectivity index (χ3v) is 0. The van der Waals surface area contributed by atoms with Crippen LogP contribution in [0.5, 0.6) is 0 Å². The number of hydrogen-bond acceptors (Lipinski definition) is 1. The van der Waals surface area contributed by atoms with Gasteiger partial charge in [-0.15, -0.1) is 0 Å². The van der Waals surface area contributed by atoms with Crippen molar-refractivity contribution in [3.8, 4) is 0 Å². The third-order valence-electron chi connectivity index (χ3n) is 0. The van der Waals surface area contributed by atoms with Crippen LogP contribution >= 0.6 is 0 Å². The Bertz CT molecular complexity index is 15.5. The first-order valence-corrected chi connectivity index (χ1v) is 1.82. The van der Waals surface area contributed by atoms with E-state index in [4.69, 9.17) is 5.11 Å². The molecule has 0 bridgehead atoms. The minimum atomic E-state index is 0. The van der Waals surface area contributed by atoms with Gasteiger partial charge in [0.05, 0.1) is 0 Å². The van der Waals surface area contributed by atoms with Crippen LogP contribution < -0.4 is 24.0 Å². The van der Waals surface area contributed by atoms with Crippen molar-refractivity contribution >= 4 is 26.1 Å². The van der Waals surface area contributed by atoms with Gasteiger partial charge in [-0.1, -0.05) is 0 Å². The molecule has 0 saturated carbocycles. The van der Waals surface area contributed by atoms with Crippen LogP contribution in [0.1, 0.15) is 0 Å². The Morgan fingerprint density at radius 2 is 1.75 bits per heavy atom. The summed E-state index contributed by atoms with van der Waals surface area (Å²) < 4.78 is 0.760. The zero-order chi connectivity index (χ0) is 2.71. The Balaban J connectivity index is 0. The maximum atomic E-state index is 8.81. The van der Waals surface area contributed by atoms with Crippen molar-refractivity contribution in [2.24, 2.45) is 0 Å². The summed E-state index contributed by atoms with van der Waals surface area (Å²) in [6, 6.07) is 0. The van der Waals surface area contributed by atoms with Crippen LogP contribution in [-0.4, -0.2) is 26.1 Å². The van der Waals surface area contributed by atoms with Crippen LogP contribution in [0.15, 0.2) is 0 Å². The average Bonchev–Trinajstić information content (AvgIpc) is 0.918. The van der Waals surface area contributed by atoms with Crippen LogP contribution in [0.3, 0.4) is 0 Å². The van der Waals surface area contributed by atoms with Crippen LogP contribution in [0.4, 0.5) is 0 Å². The van der Waals surface area contributed by atoms with Crippen LogP contribution in [0, 0.1) is 0 Å². The van der Waals surface area contributed by atoms with Gasteiger partial charge in [0.25, 0.3) is 0 Å². The van der Waals surface area contributed by atoms with E-state index in [1.807, 2.05) is 0 Å². The molecule has 0 saturated heterocycles. The molecule has 3 heteroatoms. The van der Waals surface area contributed by atoms with Gasteiger partial charge in [0.1, 0.15) is 0 Å². The summed E-state index contributed by atoms with van der Waals surface area (Å²) in [6.45, 7) is 0. The van der Waals surface area contributed by atoms with Gasteiger partial charge in [0, 0.05) is 0 Å². The molecule has 0 aliphatic carbocycles. The van der Waals surface area contributed by atoms with Gasteiger partial charge in [-0.25, -0.2) is 0 Å². The Morgan fingerprint density at radius 3 is 1.75 bits per heavy atom. The summed E-state index contributed by atoms with van der Waals surface area (Å²) in [7, 11) is 0. The maximum absolute atomic E-state index is 8.81.